The van der Waals surface area contributed by atoms with E-state index in [1.165, 1.54) is 31.4 Å². The molecule has 0 aliphatic carbocycles. The van der Waals surface area contributed by atoms with Gasteiger partial charge in [-0.1, -0.05) is 63.4 Å². The molecule has 1 aromatic carbocycles. The average molecular weight is 890 g/mol. The Morgan fingerprint density at radius 2 is 1.55 bits per heavy atom. The van der Waals surface area contributed by atoms with Gasteiger partial charge >= 0.3 is 7.82 Å². The second kappa shape index (κ2) is 25.7. The van der Waals surface area contributed by atoms with E-state index in [1.807, 2.05) is 48.6 Å². The van der Waals surface area contributed by atoms with Gasteiger partial charge in [-0.15, -0.1) is 0 Å². The number of nitrogens with one attached hydrogen (secondary N) is 3. The Morgan fingerprint density at radius 3 is 2.16 bits per heavy atom. The lowest BCUT2D eigenvalue weighted by atomic mass is 9.89. The van der Waals surface area contributed by atoms with E-state index in [9.17, 15) is 48.2 Å². The minimum atomic E-state index is -5.04. The Balaban J connectivity index is 1.81. The Labute approximate surface area is 366 Å². The highest BCUT2D eigenvalue weighted by atomic mass is 31.2. The number of phosphoric acid groups is 1. The van der Waals surface area contributed by atoms with E-state index in [4.69, 9.17) is 4.52 Å². The Kier molecular flexibility index (Phi) is 21.6. The highest BCUT2D eigenvalue weighted by Crippen LogP contribution is 2.39. The summed E-state index contributed by atoms with van der Waals surface area (Å²) in [7, 11) is -1.90. The number of Topliss-reactive ketones (excluding diaryl/α,β-unsaturated/α-hetero) is 2. The number of benzene rings is 1. The number of nitrogens with zero attached hydrogens (tertiary/aromatic N) is 3. The molecule has 2 aromatic rings. The van der Waals surface area contributed by atoms with E-state index in [0.717, 1.165) is 50.6 Å². The monoisotopic (exact) mass is 889 g/mol. The number of aryl methyl sites for hydroxylation is 3. The average Bonchev–Trinajstić information content (AvgIpc) is 3.85. The number of aliphatic hydroxyl groups is 1. The molecule has 6 N–H and O–H groups in total. The molecule has 1 aromatic heterocycles. The standard InChI is InChI=1S/C44H69N6O11P/c1-30(2)23-37(46-44(57)39-20-16-22-50(39)32(4)52)40(53)25-34(42(55)47-38(28-51)41(54)26-36(43(56)45-5)31(3)61-62(58,59)60)24-35-27-48(6)29-49(35)21-15-10-8-7-9-12-17-33-18-13-11-14-19-33/h11,13-14,18-19,27,29-31,34,36-39,51H,7-10,12,15-17,20-26,28H2,1-6H3,(H4-,45,46,47,55,56,57,58,59,60)/p+1/t31-,34-,36+,37-,38+,39+/m1/s1. The molecule has 346 valence electrons. The minimum Gasteiger partial charge on any atom is -0.394 e. The van der Waals surface area contributed by atoms with Crippen molar-refractivity contribution < 1.29 is 57.3 Å². The van der Waals surface area contributed by atoms with Crippen LogP contribution in [0.25, 0.3) is 0 Å². The zero-order chi connectivity index (χ0) is 46.0. The van der Waals surface area contributed by atoms with Gasteiger partial charge in [0.05, 0.1) is 44.2 Å². The summed E-state index contributed by atoms with van der Waals surface area (Å²) in [5.41, 5.74) is 2.10. The SMILES string of the molecule is CNC(=O)[C@@H](CC(=O)[C@H](CO)NC(=O)[C@@H](CC(=O)[C@@H](CC(C)C)NC(=O)[C@@H]1CCCN1C(C)=O)Cc1c[n+](C)cn1CCCCCCCCc1ccccc1)[C@@H](C)OP(=O)(O)O. The van der Waals surface area contributed by atoms with Crippen molar-refractivity contribution in [3.05, 3.63) is 54.1 Å². The van der Waals surface area contributed by atoms with Crippen LogP contribution in [0.1, 0.15) is 110 Å². The Morgan fingerprint density at radius 1 is 0.903 bits per heavy atom. The highest BCUT2D eigenvalue weighted by Gasteiger charge is 2.38. The van der Waals surface area contributed by atoms with Gasteiger partial charge in [0.2, 0.25) is 30.0 Å². The van der Waals surface area contributed by atoms with Crippen LogP contribution in [-0.4, -0.2) is 104 Å². The summed E-state index contributed by atoms with van der Waals surface area (Å²) in [6.45, 7) is 6.67. The number of phosphoric ester groups is 1. The number of carbonyl (C=O) groups is 6. The van der Waals surface area contributed by atoms with Gasteiger partial charge < -0.3 is 35.7 Å². The van der Waals surface area contributed by atoms with Crippen molar-refractivity contribution in [3.8, 4) is 0 Å². The zero-order valence-electron chi connectivity index (χ0n) is 37.3. The molecule has 1 fully saturated rings. The van der Waals surface area contributed by atoms with Gasteiger partial charge in [0.15, 0.2) is 11.6 Å². The van der Waals surface area contributed by atoms with Crippen LogP contribution < -0.4 is 20.5 Å². The van der Waals surface area contributed by atoms with Gasteiger partial charge in [-0.05, 0) is 63.4 Å². The lowest BCUT2D eigenvalue weighted by Gasteiger charge is -2.27. The predicted molar refractivity (Wildman–Crippen MR) is 231 cm³/mol. The number of ketones is 2. The van der Waals surface area contributed by atoms with E-state index < -0.39 is 86.2 Å². The largest absolute Gasteiger partial charge is 0.469 e. The summed E-state index contributed by atoms with van der Waals surface area (Å²) in [6, 6.07) is 7.22. The molecule has 17 nitrogen and oxygen atoms in total. The molecule has 6 atom stereocenters. The van der Waals surface area contributed by atoms with Crippen molar-refractivity contribution in [3.63, 3.8) is 0 Å². The van der Waals surface area contributed by atoms with Crippen molar-refractivity contribution in [2.45, 2.75) is 142 Å². The van der Waals surface area contributed by atoms with Gasteiger partial charge in [-0.2, -0.15) is 0 Å². The molecular weight excluding hydrogens is 819 g/mol. The number of likely N-dealkylation sites (tertiary alicyclic amines) is 1. The van der Waals surface area contributed by atoms with E-state index in [0.29, 0.717) is 25.9 Å². The number of amides is 4. The quantitative estimate of drug-likeness (QED) is 0.0413. The number of hydrogen-bond acceptors (Lipinski definition) is 9. The number of unbranched alkanes of at least 4 members (excludes halogenated alkanes) is 5. The van der Waals surface area contributed by atoms with Crippen molar-refractivity contribution in [1.82, 2.24) is 25.4 Å². The summed E-state index contributed by atoms with van der Waals surface area (Å²) in [5, 5.41) is 18.1. The van der Waals surface area contributed by atoms with E-state index >= 15 is 0 Å². The molecule has 2 heterocycles. The topological polar surface area (TPSA) is 238 Å². The van der Waals surface area contributed by atoms with Crippen LogP contribution in [0.15, 0.2) is 42.9 Å². The van der Waals surface area contributed by atoms with Crippen molar-refractivity contribution >= 4 is 43.0 Å². The first-order valence-electron chi connectivity index (χ1n) is 21.9. The number of carbonyl (C=O) groups excluding carboxylic acids is 6. The molecule has 3 rings (SSSR count). The van der Waals surface area contributed by atoms with Crippen LogP contribution in [0.3, 0.4) is 0 Å². The molecule has 0 saturated carbocycles. The summed E-state index contributed by atoms with van der Waals surface area (Å²) < 4.78 is 20.1. The lowest BCUT2D eigenvalue weighted by Crippen LogP contribution is -2.52. The predicted octanol–water partition coefficient (Wildman–Crippen LogP) is 2.85. The third kappa shape index (κ3) is 17.5. The second-order valence-electron chi connectivity index (χ2n) is 17.0. The molecule has 62 heavy (non-hydrogen) atoms. The molecule has 0 bridgehead atoms. The van der Waals surface area contributed by atoms with Crippen molar-refractivity contribution in [1.29, 1.82) is 0 Å². The van der Waals surface area contributed by atoms with Gasteiger partial charge in [-0.3, -0.25) is 33.3 Å². The molecule has 1 aliphatic heterocycles. The normalized spacial score (nSPS) is 16.6. The van der Waals surface area contributed by atoms with Gasteiger partial charge in [0, 0.05) is 39.8 Å². The van der Waals surface area contributed by atoms with Crippen molar-refractivity contribution in [2.75, 3.05) is 20.2 Å². The highest BCUT2D eigenvalue weighted by molar-refractivity contribution is 7.46. The van der Waals surface area contributed by atoms with Crippen LogP contribution in [-0.2, 0) is 64.3 Å². The number of rotatable bonds is 28. The van der Waals surface area contributed by atoms with Crippen LogP contribution in [0.5, 0.6) is 0 Å². The third-order valence-corrected chi connectivity index (χ3v) is 12.0. The maximum Gasteiger partial charge on any atom is 0.469 e. The maximum atomic E-state index is 14.3. The third-order valence-electron chi connectivity index (χ3n) is 11.4. The van der Waals surface area contributed by atoms with Crippen LogP contribution >= 0.6 is 7.82 Å². The second-order valence-corrected chi connectivity index (χ2v) is 18.2. The fourth-order valence-corrected chi connectivity index (χ4v) is 8.70. The minimum absolute atomic E-state index is 0.0224. The van der Waals surface area contributed by atoms with Crippen LogP contribution in [0, 0.1) is 17.8 Å². The van der Waals surface area contributed by atoms with E-state index in [1.54, 1.807) is 0 Å². The number of hydrogen-bond donors (Lipinski definition) is 6. The Hall–Kier alpha value is -4.28. The van der Waals surface area contributed by atoms with Gasteiger partial charge in [0.25, 0.3) is 0 Å². The van der Waals surface area contributed by atoms with Gasteiger partial charge in [-0.25, -0.2) is 13.7 Å². The first-order chi connectivity index (χ1) is 29.3. The molecule has 0 radical (unpaired) electrons. The molecule has 1 saturated heterocycles. The van der Waals surface area contributed by atoms with Crippen LogP contribution in [0.2, 0.25) is 0 Å². The summed E-state index contributed by atoms with van der Waals surface area (Å²) in [6.07, 6.45) is 10.3. The number of aromatic nitrogens is 2. The Bertz CT molecular complexity index is 1830. The molecular formula is C44H70N6O11P+. The first kappa shape index (κ1) is 52.1. The van der Waals surface area contributed by atoms with Gasteiger partial charge in [0.1, 0.15) is 24.0 Å². The van der Waals surface area contributed by atoms with E-state index in [-0.39, 0.29) is 31.1 Å². The molecule has 0 unspecified atom stereocenters. The summed E-state index contributed by atoms with van der Waals surface area (Å²) in [5.74, 6) is -5.82. The number of aliphatic hydroxyl groups excluding tert-OH is 1. The fraction of sp³-hybridized carbons (Fsp3) is 0.659. The lowest BCUT2D eigenvalue weighted by molar-refractivity contribution is -0.671. The molecule has 1 aliphatic rings. The molecule has 0 spiro atoms. The zero-order valence-corrected chi connectivity index (χ0v) is 38.2. The first-order valence-corrected chi connectivity index (χ1v) is 23.4. The fourth-order valence-electron chi connectivity index (χ4n) is 8.12. The molecule has 4 amide bonds. The smallest absolute Gasteiger partial charge is 0.394 e. The maximum absolute atomic E-state index is 14.3. The molecule has 18 heteroatoms. The van der Waals surface area contributed by atoms with E-state index in [2.05, 4.69) is 40.2 Å². The summed E-state index contributed by atoms with van der Waals surface area (Å²) in [4.78, 5) is 101. The summed E-state index contributed by atoms with van der Waals surface area (Å²) >= 11 is 0. The van der Waals surface area contributed by atoms with Crippen LogP contribution in [0.4, 0.5) is 0 Å². The van der Waals surface area contributed by atoms with Crippen molar-refractivity contribution in [2.24, 2.45) is 24.8 Å². The number of imidazole rings is 1.